The van der Waals surface area contributed by atoms with E-state index in [9.17, 15) is 10.1 Å². The molecule has 0 atom stereocenters. The third kappa shape index (κ3) is 3.86. The summed E-state index contributed by atoms with van der Waals surface area (Å²) in [5, 5.41) is 13.0. The fraction of sp³-hybridized carbons (Fsp3) is 0.278. The molecule has 0 N–H and O–H groups in total. The number of methoxy groups -OCH3 is 1. The molecule has 23 heavy (non-hydrogen) atoms. The van der Waals surface area contributed by atoms with Crippen LogP contribution >= 0.6 is 0 Å². The van der Waals surface area contributed by atoms with Gasteiger partial charge in [0.1, 0.15) is 23.2 Å². The number of benzene rings is 1. The molecule has 1 heterocycles. The standard InChI is InChI=1S/C18H18N2O3/c1-18(2,3)16-10-15(20-23-16)17(21)13(11-19)9-12-5-7-14(22-4)8-6-12/h5-10H,1-4H3. The summed E-state index contributed by atoms with van der Waals surface area (Å²) in [5.74, 6) is 0.850. The SMILES string of the molecule is COc1ccc(C=C(C#N)C(=O)c2cc(C(C)(C)C)on2)cc1. The molecular formula is C18H18N2O3. The summed E-state index contributed by atoms with van der Waals surface area (Å²) < 4.78 is 10.3. The van der Waals surface area contributed by atoms with E-state index in [0.29, 0.717) is 11.5 Å². The third-order valence-electron chi connectivity index (χ3n) is 3.27. The average molecular weight is 310 g/mol. The summed E-state index contributed by atoms with van der Waals surface area (Å²) in [6, 6.07) is 10.6. The summed E-state index contributed by atoms with van der Waals surface area (Å²) >= 11 is 0. The van der Waals surface area contributed by atoms with Crippen molar-refractivity contribution < 1.29 is 14.1 Å². The zero-order valence-electron chi connectivity index (χ0n) is 13.6. The van der Waals surface area contributed by atoms with Crippen LogP contribution in [0.15, 0.2) is 40.4 Å². The van der Waals surface area contributed by atoms with E-state index >= 15 is 0 Å². The van der Waals surface area contributed by atoms with E-state index < -0.39 is 5.78 Å². The Hall–Kier alpha value is -2.87. The van der Waals surface area contributed by atoms with Gasteiger partial charge < -0.3 is 9.26 Å². The van der Waals surface area contributed by atoms with Crippen molar-refractivity contribution >= 4 is 11.9 Å². The smallest absolute Gasteiger partial charge is 0.225 e. The predicted molar refractivity (Wildman–Crippen MR) is 86.1 cm³/mol. The van der Waals surface area contributed by atoms with Crippen LogP contribution in [-0.2, 0) is 5.41 Å². The second-order valence-electron chi connectivity index (χ2n) is 6.10. The molecule has 0 aliphatic heterocycles. The molecule has 0 saturated carbocycles. The van der Waals surface area contributed by atoms with Crippen LogP contribution in [0.2, 0.25) is 0 Å². The largest absolute Gasteiger partial charge is 0.497 e. The monoisotopic (exact) mass is 310 g/mol. The summed E-state index contributed by atoms with van der Waals surface area (Å²) in [6.45, 7) is 5.88. The van der Waals surface area contributed by atoms with Gasteiger partial charge in [-0.1, -0.05) is 38.1 Å². The second kappa shape index (κ2) is 6.49. The van der Waals surface area contributed by atoms with E-state index in [1.807, 2.05) is 26.8 Å². The van der Waals surface area contributed by atoms with Crippen molar-refractivity contribution in [2.45, 2.75) is 26.2 Å². The number of Topliss-reactive ketones (excluding diaryl/α,β-unsaturated/α-hetero) is 1. The van der Waals surface area contributed by atoms with Crippen LogP contribution in [0.25, 0.3) is 6.08 Å². The number of carbonyl (C=O) groups excluding carboxylic acids is 1. The first kappa shape index (κ1) is 16.5. The van der Waals surface area contributed by atoms with Crippen molar-refractivity contribution in [1.29, 1.82) is 5.26 Å². The van der Waals surface area contributed by atoms with Crippen LogP contribution in [0, 0.1) is 11.3 Å². The Labute approximate surface area is 135 Å². The van der Waals surface area contributed by atoms with Crippen LogP contribution in [0.1, 0.15) is 42.6 Å². The maximum atomic E-state index is 12.4. The molecule has 0 fully saturated rings. The first-order valence-corrected chi connectivity index (χ1v) is 7.13. The minimum Gasteiger partial charge on any atom is -0.497 e. The minimum atomic E-state index is -0.456. The number of hydrogen-bond donors (Lipinski definition) is 0. The Kier molecular flexibility index (Phi) is 4.65. The lowest BCUT2D eigenvalue weighted by Gasteiger charge is -2.12. The van der Waals surface area contributed by atoms with Gasteiger partial charge in [-0.15, -0.1) is 0 Å². The zero-order valence-corrected chi connectivity index (χ0v) is 13.6. The lowest BCUT2D eigenvalue weighted by atomic mass is 9.92. The van der Waals surface area contributed by atoms with Gasteiger partial charge in [0.15, 0.2) is 5.69 Å². The predicted octanol–water partition coefficient (Wildman–Crippen LogP) is 3.77. The number of ether oxygens (including phenoxy) is 1. The molecule has 5 nitrogen and oxygen atoms in total. The van der Waals surface area contributed by atoms with Crippen LogP contribution in [0.4, 0.5) is 0 Å². The molecule has 0 bridgehead atoms. The second-order valence-corrected chi connectivity index (χ2v) is 6.10. The van der Waals surface area contributed by atoms with Gasteiger partial charge >= 0.3 is 0 Å². The van der Waals surface area contributed by atoms with Crippen molar-refractivity contribution in [3.63, 3.8) is 0 Å². The van der Waals surface area contributed by atoms with Crippen LogP contribution < -0.4 is 4.74 Å². The quantitative estimate of drug-likeness (QED) is 0.488. The molecule has 0 aliphatic carbocycles. The van der Waals surface area contributed by atoms with Gasteiger partial charge in [-0.25, -0.2) is 0 Å². The first-order chi connectivity index (χ1) is 10.8. The van der Waals surface area contributed by atoms with Crippen LogP contribution in [-0.4, -0.2) is 18.0 Å². The molecule has 0 amide bonds. The highest BCUT2D eigenvalue weighted by molar-refractivity contribution is 6.12. The normalized spacial score (nSPS) is 11.9. The number of nitriles is 1. The van der Waals surface area contributed by atoms with E-state index in [1.54, 1.807) is 37.4 Å². The topological polar surface area (TPSA) is 76.1 Å². The van der Waals surface area contributed by atoms with Gasteiger partial charge in [0.05, 0.1) is 7.11 Å². The Bertz CT molecular complexity index is 772. The summed E-state index contributed by atoms with van der Waals surface area (Å²) in [5.41, 5.74) is 0.619. The summed E-state index contributed by atoms with van der Waals surface area (Å²) in [7, 11) is 1.58. The molecule has 0 radical (unpaired) electrons. The molecule has 118 valence electrons. The Balaban J connectivity index is 2.29. The van der Waals surface area contributed by atoms with Crippen LogP contribution in [0.3, 0.4) is 0 Å². The maximum Gasteiger partial charge on any atom is 0.225 e. The lowest BCUT2D eigenvalue weighted by Crippen LogP contribution is -2.09. The number of carbonyl (C=O) groups is 1. The summed E-state index contributed by atoms with van der Waals surface area (Å²) in [6.07, 6.45) is 1.52. The molecule has 2 rings (SSSR count). The Morgan fingerprint density at radius 1 is 1.30 bits per heavy atom. The lowest BCUT2D eigenvalue weighted by molar-refractivity contribution is 0.103. The minimum absolute atomic E-state index is 0.00364. The number of allylic oxidation sites excluding steroid dienone is 1. The summed E-state index contributed by atoms with van der Waals surface area (Å²) in [4.78, 5) is 12.4. The molecular weight excluding hydrogens is 292 g/mol. The van der Waals surface area contributed by atoms with Crippen LogP contribution in [0.5, 0.6) is 5.75 Å². The fourth-order valence-corrected chi connectivity index (χ4v) is 1.89. The highest BCUT2D eigenvalue weighted by Crippen LogP contribution is 2.24. The first-order valence-electron chi connectivity index (χ1n) is 7.13. The molecule has 1 aromatic carbocycles. The van der Waals surface area contributed by atoms with Gasteiger partial charge in [-0.3, -0.25) is 4.79 Å². The van der Waals surface area contributed by atoms with Crippen molar-refractivity contribution in [3.8, 4) is 11.8 Å². The molecule has 2 aromatic rings. The molecule has 0 aliphatic rings. The van der Waals surface area contributed by atoms with E-state index in [0.717, 1.165) is 5.56 Å². The van der Waals surface area contributed by atoms with Crippen molar-refractivity contribution in [3.05, 3.63) is 52.9 Å². The zero-order chi connectivity index (χ0) is 17.0. The highest BCUT2D eigenvalue weighted by Gasteiger charge is 2.23. The third-order valence-corrected chi connectivity index (χ3v) is 3.27. The van der Waals surface area contributed by atoms with E-state index in [2.05, 4.69) is 5.16 Å². The van der Waals surface area contributed by atoms with Gasteiger partial charge in [0.25, 0.3) is 0 Å². The maximum absolute atomic E-state index is 12.4. The van der Waals surface area contributed by atoms with E-state index in [-0.39, 0.29) is 16.7 Å². The number of aromatic nitrogens is 1. The number of nitrogens with zero attached hydrogens (tertiary/aromatic N) is 2. The van der Waals surface area contributed by atoms with Gasteiger partial charge in [0.2, 0.25) is 5.78 Å². The van der Waals surface area contributed by atoms with Gasteiger partial charge in [0, 0.05) is 11.5 Å². The highest BCUT2D eigenvalue weighted by atomic mass is 16.5. The Morgan fingerprint density at radius 2 is 1.96 bits per heavy atom. The van der Waals surface area contributed by atoms with Crippen molar-refractivity contribution in [1.82, 2.24) is 5.16 Å². The molecule has 0 saturated heterocycles. The van der Waals surface area contributed by atoms with Gasteiger partial charge in [-0.05, 0) is 23.8 Å². The number of rotatable bonds is 4. The van der Waals surface area contributed by atoms with Crippen molar-refractivity contribution in [2.75, 3.05) is 7.11 Å². The number of ketones is 1. The van der Waals surface area contributed by atoms with E-state index in [4.69, 9.17) is 9.26 Å². The molecule has 0 unspecified atom stereocenters. The number of hydrogen-bond acceptors (Lipinski definition) is 5. The fourth-order valence-electron chi connectivity index (χ4n) is 1.89. The van der Waals surface area contributed by atoms with E-state index in [1.165, 1.54) is 6.08 Å². The average Bonchev–Trinajstić information content (AvgIpc) is 3.02. The van der Waals surface area contributed by atoms with Crippen molar-refractivity contribution in [2.24, 2.45) is 0 Å². The van der Waals surface area contributed by atoms with Gasteiger partial charge in [-0.2, -0.15) is 5.26 Å². The molecule has 1 aromatic heterocycles. The molecule has 0 spiro atoms. The molecule has 5 heteroatoms. The Morgan fingerprint density at radius 3 is 2.43 bits per heavy atom.